The molecule has 1 amide bonds. The van der Waals surface area contributed by atoms with E-state index in [2.05, 4.69) is 15.6 Å². The summed E-state index contributed by atoms with van der Waals surface area (Å²) in [4.78, 5) is 16.8. The molecule has 2 N–H and O–H groups in total. The van der Waals surface area contributed by atoms with Crippen LogP contribution in [0.3, 0.4) is 0 Å². The lowest BCUT2D eigenvalue weighted by Gasteiger charge is -2.16. The van der Waals surface area contributed by atoms with Crippen molar-refractivity contribution in [2.45, 2.75) is 6.92 Å². The van der Waals surface area contributed by atoms with Crippen molar-refractivity contribution < 1.29 is 14.3 Å². The quantitative estimate of drug-likeness (QED) is 0.826. The molecular weight excluding hydrogens is 302 g/mol. The first-order valence-corrected chi connectivity index (χ1v) is 7.93. The van der Waals surface area contributed by atoms with Crippen LogP contribution in [-0.2, 0) is 0 Å². The smallest absolute Gasteiger partial charge is 0.265 e. The monoisotopic (exact) mass is 319 g/mol. The van der Waals surface area contributed by atoms with E-state index in [1.165, 1.54) is 11.3 Å². The molecule has 7 heteroatoms. The van der Waals surface area contributed by atoms with Crippen LogP contribution in [0.2, 0.25) is 0 Å². The van der Waals surface area contributed by atoms with Crippen molar-refractivity contribution in [1.29, 1.82) is 0 Å². The van der Waals surface area contributed by atoms with Crippen molar-refractivity contribution in [1.82, 2.24) is 10.3 Å². The van der Waals surface area contributed by atoms with Crippen molar-refractivity contribution in [3.63, 3.8) is 0 Å². The summed E-state index contributed by atoms with van der Waals surface area (Å²) < 4.78 is 10.9. The molecule has 6 nitrogen and oxygen atoms in total. The summed E-state index contributed by atoms with van der Waals surface area (Å²) >= 11 is 1.34. The lowest BCUT2D eigenvalue weighted by atomic mass is 10.2. The summed E-state index contributed by atoms with van der Waals surface area (Å²) in [6, 6.07) is 1.91. The summed E-state index contributed by atoms with van der Waals surface area (Å²) in [5, 5.41) is 7.96. The highest BCUT2D eigenvalue weighted by atomic mass is 32.1. The zero-order valence-electron chi connectivity index (χ0n) is 12.2. The summed E-state index contributed by atoms with van der Waals surface area (Å²) in [5.41, 5.74) is 2.10. The topological polar surface area (TPSA) is 72.5 Å². The average Bonchev–Trinajstić information content (AvgIpc) is 2.97. The summed E-state index contributed by atoms with van der Waals surface area (Å²) in [5.74, 6) is 1.09. The molecule has 0 saturated heterocycles. The Morgan fingerprint density at radius 1 is 1.36 bits per heavy atom. The molecule has 22 heavy (non-hydrogen) atoms. The molecule has 1 aliphatic rings. The number of thiophene rings is 1. The fourth-order valence-electron chi connectivity index (χ4n) is 2.14. The number of carbonyl (C=O) groups is 1. The molecule has 116 valence electrons. The molecule has 0 bridgehead atoms. The fourth-order valence-corrected chi connectivity index (χ4v) is 2.99. The van der Waals surface area contributed by atoms with Crippen LogP contribution in [0.25, 0.3) is 0 Å². The third-order valence-electron chi connectivity index (χ3n) is 3.25. The summed E-state index contributed by atoms with van der Waals surface area (Å²) in [6.07, 6.45) is 3.54. The van der Waals surface area contributed by atoms with E-state index in [4.69, 9.17) is 9.47 Å². The number of ether oxygens (including phenoxy) is 2. The predicted octanol–water partition coefficient (Wildman–Crippen LogP) is 2.06. The minimum atomic E-state index is -0.134. The van der Waals surface area contributed by atoms with Gasteiger partial charge in [0.05, 0.1) is 0 Å². The number of nitrogens with one attached hydrogen (secondary N) is 2. The van der Waals surface area contributed by atoms with Gasteiger partial charge in [0.2, 0.25) is 0 Å². The third-order valence-corrected chi connectivity index (χ3v) is 4.19. The van der Waals surface area contributed by atoms with Crippen LogP contribution in [0.5, 0.6) is 11.5 Å². The van der Waals surface area contributed by atoms with E-state index >= 15 is 0 Å². The maximum Gasteiger partial charge on any atom is 0.265 e. The Morgan fingerprint density at radius 2 is 2.23 bits per heavy atom. The van der Waals surface area contributed by atoms with E-state index in [1.807, 2.05) is 18.4 Å². The molecule has 0 aliphatic carbocycles. The first kappa shape index (κ1) is 14.6. The highest BCUT2D eigenvalue weighted by Crippen LogP contribution is 2.39. The van der Waals surface area contributed by atoms with Gasteiger partial charge in [-0.15, -0.1) is 11.3 Å². The second kappa shape index (κ2) is 6.65. The van der Waals surface area contributed by atoms with Crippen LogP contribution < -0.4 is 20.1 Å². The fraction of sp³-hybridized carbons (Fsp3) is 0.333. The van der Waals surface area contributed by atoms with Gasteiger partial charge in [0.1, 0.15) is 18.1 Å². The molecule has 3 rings (SSSR count). The largest absolute Gasteiger partial charge is 0.485 e. The molecule has 3 heterocycles. The molecule has 0 radical (unpaired) electrons. The van der Waals surface area contributed by atoms with Gasteiger partial charge in [-0.2, -0.15) is 0 Å². The predicted molar refractivity (Wildman–Crippen MR) is 85.1 cm³/mol. The van der Waals surface area contributed by atoms with Gasteiger partial charge in [0.25, 0.3) is 5.91 Å². The standard InChI is InChI=1S/C15H17N3O3S/c1-10-8-16-3-2-11(10)17-4-5-18-15(19)14-13-12(9-22-14)20-6-7-21-13/h2-3,8-9H,4-7H2,1H3,(H,16,17)(H,18,19). The molecule has 0 fully saturated rings. The van der Waals surface area contributed by atoms with Crippen LogP contribution in [0.15, 0.2) is 23.8 Å². The van der Waals surface area contributed by atoms with Crippen LogP contribution in [0, 0.1) is 6.92 Å². The molecule has 0 atom stereocenters. The van der Waals surface area contributed by atoms with E-state index < -0.39 is 0 Å². The lowest BCUT2D eigenvalue weighted by molar-refractivity contribution is 0.0950. The highest BCUT2D eigenvalue weighted by Gasteiger charge is 2.23. The Bertz CT molecular complexity index is 672. The highest BCUT2D eigenvalue weighted by molar-refractivity contribution is 7.12. The maximum absolute atomic E-state index is 12.2. The Balaban J connectivity index is 1.51. The van der Waals surface area contributed by atoms with Gasteiger partial charge < -0.3 is 20.1 Å². The Hall–Kier alpha value is -2.28. The number of aryl methyl sites for hydroxylation is 1. The molecular formula is C15H17N3O3S. The van der Waals surface area contributed by atoms with E-state index in [-0.39, 0.29) is 5.91 Å². The third kappa shape index (κ3) is 3.14. The van der Waals surface area contributed by atoms with Gasteiger partial charge in [0.15, 0.2) is 11.5 Å². The molecule has 0 unspecified atom stereocenters. The SMILES string of the molecule is Cc1cnccc1NCCNC(=O)c1scc2c1OCCO2. The zero-order valence-corrected chi connectivity index (χ0v) is 13.0. The van der Waals surface area contributed by atoms with E-state index in [0.717, 1.165) is 11.3 Å². The maximum atomic E-state index is 12.2. The number of anilines is 1. The minimum absolute atomic E-state index is 0.134. The van der Waals surface area contributed by atoms with Crippen LogP contribution in [0.4, 0.5) is 5.69 Å². The number of fused-ring (bicyclic) bond motifs is 1. The first-order valence-electron chi connectivity index (χ1n) is 7.05. The van der Waals surface area contributed by atoms with Crippen molar-refractivity contribution in [2.75, 3.05) is 31.6 Å². The van der Waals surface area contributed by atoms with E-state index in [9.17, 15) is 4.79 Å². The minimum Gasteiger partial charge on any atom is -0.485 e. The number of pyridine rings is 1. The summed E-state index contributed by atoms with van der Waals surface area (Å²) in [7, 11) is 0. The van der Waals surface area contributed by atoms with Crippen LogP contribution in [0.1, 0.15) is 15.2 Å². The van der Waals surface area contributed by atoms with Crippen molar-refractivity contribution in [2.24, 2.45) is 0 Å². The van der Waals surface area contributed by atoms with Gasteiger partial charge >= 0.3 is 0 Å². The molecule has 2 aromatic rings. The number of hydrogen-bond acceptors (Lipinski definition) is 6. The average molecular weight is 319 g/mol. The number of aromatic nitrogens is 1. The molecule has 2 aromatic heterocycles. The number of nitrogens with zero attached hydrogens (tertiary/aromatic N) is 1. The number of amides is 1. The first-order chi connectivity index (χ1) is 10.8. The Kier molecular flexibility index (Phi) is 4.43. The number of hydrogen-bond donors (Lipinski definition) is 2. The Morgan fingerprint density at radius 3 is 3.09 bits per heavy atom. The van der Waals surface area contributed by atoms with Crippen molar-refractivity contribution in [3.8, 4) is 11.5 Å². The van der Waals surface area contributed by atoms with E-state index in [0.29, 0.717) is 42.7 Å². The molecule has 1 aliphatic heterocycles. The summed E-state index contributed by atoms with van der Waals surface area (Å²) in [6.45, 7) is 4.16. The molecule has 0 aromatic carbocycles. The molecule has 0 spiro atoms. The van der Waals surface area contributed by atoms with Gasteiger partial charge in [-0.1, -0.05) is 0 Å². The van der Waals surface area contributed by atoms with Gasteiger partial charge in [-0.25, -0.2) is 0 Å². The second-order valence-corrected chi connectivity index (χ2v) is 5.71. The van der Waals surface area contributed by atoms with Gasteiger partial charge in [-0.05, 0) is 18.6 Å². The number of carbonyl (C=O) groups excluding carboxylic acids is 1. The number of rotatable bonds is 5. The van der Waals surface area contributed by atoms with Crippen LogP contribution in [-0.4, -0.2) is 37.2 Å². The van der Waals surface area contributed by atoms with E-state index in [1.54, 1.807) is 12.4 Å². The lowest BCUT2D eigenvalue weighted by Crippen LogP contribution is -2.29. The second-order valence-electron chi connectivity index (χ2n) is 4.83. The normalized spacial score (nSPS) is 12.8. The van der Waals surface area contributed by atoms with Gasteiger partial charge in [-0.3, -0.25) is 9.78 Å². The van der Waals surface area contributed by atoms with Gasteiger partial charge in [0, 0.05) is 36.6 Å². The van der Waals surface area contributed by atoms with Crippen LogP contribution >= 0.6 is 11.3 Å². The van der Waals surface area contributed by atoms with Crippen molar-refractivity contribution in [3.05, 3.63) is 34.3 Å². The molecule has 0 saturated carbocycles. The Labute approximate surface area is 132 Å². The van der Waals surface area contributed by atoms with Crippen molar-refractivity contribution >= 4 is 22.9 Å². The zero-order chi connectivity index (χ0) is 15.4.